The second kappa shape index (κ2) is 9.39. The van der Waals surface area contributed by atoms with Crippen LogP contribution in [0.15, 0.2) is 33.5 Å². The maximum Gasteiger partial charge on any atom is 1.00 e. The molecule has 0 aliphatic carbocycles. The number of hydrogen-bond acceptors (Lipinski definition) is 11. The maximum atomic E-state index is 11.5. The standard InChI is InChI=1S/C16H18O11S.Na/c1-7-4-12(17)26-10-5-8(2-3-9(7)10)25-16-15(20)14(19)13(18)11(27-16)6-24-28(21,22)23;/h2-5,11,13-16,18-20H,6H2,1H3,(H,21,22,23);/q;+1/p-1/t11-,13+,14+,15-,16-;/m1./s1. The number of aryl methyl sites for hydroxylation is 1. The van der Waals surface area contributed by atoms with E-state index in [1.54, 1.807) is 13.0 Å². The molecule has 13 heteroatoms. The Morgan fingerprint density at radius 1 is 1.14 bits per heavy atom. The molecule has 5 atom stereocenters. The summed E-state index contributed by atoms with van der Waals surface area (Å²) >= 11 is 0. The molecule has 1 aromatic heterocycles. The van der Waals surface area contributed by atoms with Gasteiger partial charge < -0.3 is 33.8 Å². The van der Waals surface area contributed by atoms with Gasteiger partial charge in [0.25, 0.3) is 0 Å². The minimum absolute atomic E-state index is 0. The van der Waals surface area contributed by atoms with Crippen molar-refractivity contribution in [3.63, 3.8) is 0 Å². The summed E-state index contributed by atoms with van der Waals surface area (Å²) in [4.78, 5) is 11.5. The summed E-state index contributed by atoms with van der Waals surface area (Å²) in [5.41, 5.74) is 0.331. The third kappa shape index (κ3) is 5.76. The molecule has 0 unspecified atom stereocenters. The molecule has 2 heterocycles. The Labute approximate surface area is 187 Å². The van der Waals surface area contributed by atoms with Gasteiger partial charge in [-0.25, -0.2) is 13.2 Å². The van der Waals surface area contributed by atoms with E-state index in [0.717, 1.165) is 0 Å². The predicted molar refractivity (Wildman–Crippen MR) is 90.2 cm³/mol. The zero-order valence-electron chi connectivity index (χ0n) is 15.4. The molecule has 1 aromatic carbocycles. The predicted octanol–water partition coefficient (Wildman–Crippen LogP) is -4.23. The summed E-state index contributed by atoms with van der Waals surface area (Å²) in [7, 11) is -5.05. The minimum Gasteiger partial charge on any atom is -0.726 e. The van der Waals surface area contributed by atoms with E-state index < -0.39 is 53.3 Å². The average Bonchev–Trinajstić information content (AvgIpc) is 2.60. The first-order valence-electron chi connectivity index (χ1n) is 8.06. The second-order valence-corrected chi connectivity index (χ2v) is 7.28. The van der Waals surface area contributed by atoms with Crippen molar-refractivity contribution in [1.82, 2.24) is 0 Å². The molecule has 0 bridgehead atoms. The summed E-state index contributed by atoms with van der Waals surface area (Å²) in [5.74, 6) is 0.102. The number of fused-ring (bicyclic) bond motifs is 1. The molecule has 1 aliphatic heterocycles. The van der Waals surface area contributed by atoms with E-state index in [0.29, 0.717) is 10.9 Å². The number of benzene rings is 1. The molecule has 3 rings (SSSR count). The third-order valence-electron chi connectivity index (χ3n) is 4.22. The Hall–Kier alpha value is -1.06. The van der Waals surface area contributed by atoms with Gasteiger partial charge in [0.15, 0.2) is 0 Å². The molecule has 0 amide bonds. The van der Waals surface area contributed by atoms with Crippen molar-refractivity contribution in [2.24, 2.45) is 0 Å². The fraction of sp³-hybridized carbons (Fsp3) is 0.438. The van der Waals surface area contributed by atoms with E-state index >= 15 is 0 Å². The first kappa shape index (κ1) is 24.2. The Balaban J connectivity index is 0.00000300. The van der Waals surface area contributed by atoms with Gasteiger partial charge in [-0.1, -0.05) is 0 Å². The van der Waals surface area contributed by atoms with E-state index in [-0.39, 0.29) is 40.9 Å². The van der Waals surface area contributed by atoms with Gasteiger partial charge in [0.2, 0.25) is 16.7 Å². The van der Waals surface area contributed by atoms with Crippen LogP contribution in [0.4, 0.5) is 0 Å². The molecule has 2 aromatic rings. The molecular weight excluding hydrogens is 423 g/mol. The van der Waals surface area contributed by atoms with Crippen LogP contribution in [0.25, 0.3) is 11.0 Å². The normalized spacial score (nSPS) is 27.4. The van der Waals surface area contributed by atoms with Crippen molar-refractivity contribution in [3.8, 4) is 5.75 Å². The van der Waals surface area contributed by atoms with Gasteiger partial charge in [-0.2, -0.15) is 0 Å². The van der Waals surface area contributed by atoms with Gasteiger partial charge in [-0.15, -0.1) is 0 Å². The largest absolute Gasteiger partial charge is 1.00 e. The van der Waals surface area contributed by atoms with Crippen LogP contribution < -0.4 is 39.9 Å². The van der Waals surface area contributed by atoms with Crippen LogP contribution >= 0.6 is 0 Å². The Morgan fingerprint density at radius 3 is 2.48 bits per heavy atom. The Morgan fingerprint density at radius 2 is 1.83 bits per heavy atom. The number of aliphatic hydroxyl groups is 3. The summed E-state index contributed by atoms with van der Waals surface area (Å²) in [6, 6.07) is 5.79. The van der Waals surface area contributed by atoms with Crippen LogP contribution in [0.1, 0.15) is 5.56 Å². The van der Waals surface area contributed by atoms with Gasteiger partial charge in [-0.3, -0.25) is 4.18 Å². The van der Waals surface area contributed by atoms with E-state index in [1.807, 2.05) is 0 Å². The van der Waals surface area contributed by atoms with Gasteiger partial charge >= 0.3 is 35.2 Å². The molecule has 1 saturated heterocycles. The Kier molecular flexibility index (Phi) is 7.84. The third-order valence-corrected chi connectivity index (χ3v) is 4.64. The number of ether oxygens (including phenoxy) is 2. The fourth-order valence-corrected chi connectivity index (χ4v) is 3.12. The zero-order valence-corrected chi connectivity index (χ0v) is 18.2. The smallest absolute Gasteiger partial charge is 0.726 e. The SMILES string of the molecule is Cc1cc(=O)oc2cc(O[C@@H]3O[C@H](COS(=O)(=O)[O-])[C@H](O)[C@H](O)[C@H]3O)ccc12.[Na+]. The van der Waals surface area contributed by atoms with Gasteiger partial charge in [0.05, 0.1) is 6.61 Å². The summed E-state index contributed by atoms with van der Waals surface area (Å²) in [6.45, 7) is 0.836. The number of aliphatic hydroxyl groups excluding tert-OH is 3. The van der Waals surface area contributed by atoms with Crippen LogP contribution in [0, 0.1) is 6.92 Å². The minimum atomic E-state index is -5.05. The van der Waals surface area contributed by atoms with Gasteiger partial charge in [-0.05, 0) is 24.6 Å². The van der Waals surface area contributed by atoms with Crippen LogP contribution in [0.5, 0.6) is 5.75 Å². The van der Waals surface area contributed by atoms with Crippen LogP contribution in [-0.2, 0) is 19.3 Å². The van der Waals surface area contributed by atoms with E-state index in [4.69, 9.17) is 13.9 Å². The number of rotatable bonds is 5. The Bertz CT molecular complexity index is 1020. The molecule has 0 spiro atoms. The van der Waals surface area contributed by atoms with Crippen LogP contribution in [0.3, 0.4) is 0 Å². The van der Waals surface area contributed by atoms with Crippen molar-refractivity contribution in [2.75, 3.05) is 6.61 Å². The fourth-order valence-electron chi connectivity index (χ4n) is 2.81. The van der Waals surface area contributed by atoms with Crippen molar-refractivity contribution in [1.29, 1.82) is 0 Å². The maximum absolute atomic E-state index is 11.5. The van der Waals surface area contributed by atoms with E-state index in [9.17, 15) is 33.1 Å². The summed E-state index contributed by atoms with van der Waals surface area (Å²) in [5, 5.41) is 30.5. The molecule has 3 N–H and O–H groups in total. The van der Waals surface area contributed by atoms with Gasteiger partial charge in [0, 0.05) is 17.5 Å². The van der Waals surface area contributed by atoms with Gasteiger partial charge in [0.1, 0.15) is 35.7 Å². The second-order valence-electron chi connectivity index (χ2n) is 6.23. The summed E-state index contributed by atoms with van der Waals surface area (Å²) < 4.78 is 51.6. The molecule has 0 radical (unpaired) electrons. The molecule has 1 fully saturated rings. The van der Waals surface area contributed by atoms with E-state index in [1.165, 1.54) is 18.2 Å². The van der Waals surface area contributed by atoms with Crippen molar-refractivity contribution >= 4 is 21.4 Å². The van der Waals surface area contributed by atoms with Crippen molar-refractivity contribution in [2.45, 2.75) is 37.6 Å². The molecule has 1 aliphatic rings. The summed E-state index contributed by atoms with van der Waals surface area (Å²) in [6.07, 6.45) is -8.19. The van der Waals surface area contributed by atoms with Crippen molar-refractivity contribution in [3.05, 3.63) is 40.2 Å². The molecule has 0 saturated carbocycles. The first-order chi connectivity index (χ1) is 13.0. The zero-order chi connectivity index (χ0) is 20.6. The average molecular weight is 440 g/mol. The van der Waals surface area contributed by atoms with Crippen LogP contribution in [0.2, 0.25) is 0 Å². The molecule has 29 heavy (non-hydrogen) atoms. The molecule has 154 valence electrons. The number of hydrogen-bond donors (Lipinski definition) is 3. The molecular formula is C16H17NaO11S. The topological polar surface area (TPSA) is 176 Å². The monoisotopic (exact) mass is 440 g/mol. The molecule has 11 nitrogen and oxygen atoms in total. The first-order valence-corrected chi connectivity index (χ1v) is 9.39. The van der Waals surface area contributed by atoms with Crippen LogP contribution in [-0.4, -0.2) is 65.6 Å². The van der Waals surface area contributed by atoms with E-state index in [2.05, 4.69) is 4.18 Å². The van der Waals surface area contributed by atoms with Crippen molar-refractivity contribution < 1.29 is 75.9 Å². The quantitative estimate of drug-likeness (QED) is 0.178.